The van der Waals surface area contributed by atoms with E-state index in [1.807, 2.05) is 0 Å². The van der Waals surface area contributed by atoms with Crippen molar-refractivity contribution in [2.24, 2.45) is 0 Å². The fourth-order valence-corrected chi connectivity index (χ4v) is 2.19. The van der Waals surface area contributed by atoms with Crippen LogP contribution in [0.1, 0.15) is 22.5 Å². The van der Waals surface area contributed by atoms with E-state index in [-0.39, 0.29) is 11.0 Å². The second-order valence-electron chi connectivity index (χ2n) is 3.38. The topological polar surface area (TPSA) is 55.8 Å². The number of rotatable bonds is 3. The largest absolute Gasteiger partial charge is 0.486 e. The van der Waals surface area contributed by atoms with Crippen molar-refractivity contribution in [2.45, 2.75) is 18.9 Å². The fourth-order valence-electron chi connectivity index (χ4n) is 1.53. The molecular weight excluding hydrogens is 216 g/mol. The lowest BCUT2D eigenvalue weighted by molar-refractivity contribution is 0.00704. The van der Waals surface area contributed by atoms with Crippen molar-refractivity contribution in [1.29, 1.82) is 0 Å². The Labute approximate surface area is 91.4 Å². The van der Waals surface area contributed by atoms with Gasteiger partial charge in [0.25, 0.3) is 0 Å². The summed E-state index contributed by atoms with van der Waals surface area (Å²) in [5.74, 6) is -0.472. The van der Waals surface area contributed by atoms with Crippen molar-refractivity contribution in [3.05, 3.63) is 16.3 Å². The molecule has 15 heavy (non-hydrogen) atoms. The lowest BCUT2D eigenvalue weighted by Gasteiger charge is -2.22. The molecule has 0 radical (unpaired) electrons. The lowest BCUT2D eigenvalue weighted by Crippen LogP contribution is -2.28. The number of hydrogen-bond acceptors (Lipinski definition) is 4. The summed E-state index contributed by atoms with van der Waals surface area (Å²) in [4.78, 5) is 11.1. The van der Waals surface area contributed by atoms with E-state index >= 15 is 0 Å². The molecule has 0 aliphatic carbocycles. The van der Waals surface area contributed by atoms with Crippen LogP contribution in [-0.4, -0.2) is 30.4 Å². The molecule has 5 heteroatoms. The molecule has 0 bridgehead atoms. The summed E-state index contributed by atoms with van der Waals surface area (Å²) in [6.45, 7) is 1.32. The highest BCUT2D eigenvalue weighted by Crippen LogP contribution is 2.27. The summed E-state index contributed by atoms with van der Waals surface area (Å²) in [5.41, 5.74) is 0. The molecule has 4 nitrogen and oxygen atoms in total. The molecule has 2 rings (SSSR count). The third-order valence-electron chi connectivity index (χ3n) is 2.24. The third-order valence-corrected chi connectivity index (χ3v) is 3.12. The normalized spacial score (nSPS) is 21.2. The van der Waals surface area contributed by atoms with Gasteiger partial charge >= 0.3 is 5.97 Å². The van der Waals surface area contributed by atoms with Crippen LogP contribution in [-0.2, 0) is 4.74 Å². The van der Waals surface area contributed by atoms with E-state index in [4.69, 9.17) is 14.6 Å². The maximum atomic E-state index is 10.8. The van der Waals surface area contributed by atoms with Gasteiger partial charge in [-0.2, -0.15) is 0 Å². The molecule has 0 spiro atoms. The van der Waals surface area contributed by atoms with E-state index < -0.39 is 5.97 Å². The Morgan fingerprint density at radius 2 is 2.53 bits per heavy atom. The molecule has 1 atom stereocenters. The van der Waals surface area contributed by atoms with E-state index in [2.05, 4.69) is 0 Å². The second kappa shape index (κ2) is 4.63. The molecule has 1 aromatic rings. The van der Waals surface area contributed by atoms with Crippen molar-refractivity contribution >= 4 is 17.3 Å². The van der Waals surface area contributed by atoms with Crippen LogP contribution in [0.2, 0.25) is 0 Å². The van der Waals surface area contributed by atoms with E-state index in [1.165, 1.54) is 11.3 Å². The molecule has 1 unspecified atom stereocenters. The maximum Gasteiger partial charge on any atom is 0.349 e. The van der Waals surface area contributed by atoms with Crippen molar-refractivity contribution in [3.63, 3.8) is 0 Å². The van der Waals surface area contributed by atoms with Crippen LogP contribution < -0.4 is 4.74 Å². The average molecular weight is 228 g/mol. The first-order valence-electron chi connectivity index (χ1n) is 4.82. The van der Waals surface area contributed by atoms with E-state index in [0.717, 1.165) is 19.4 Å². The van der Waals surface area contributed by atoms with E-state index in [1.54, 1.807) is 11.4 Å². The highest BCUT2D eigenvalue weighted by atomic mass is 32.1. The number of ether oxygens (including phenoxy) is 2. The van der Waals surface area contributed by atoms with Crippen LogP contribution in [0.5, 0.6) is 5.75 Å². The zero-order chi connectivity index (χ0) is 10.7. The van der Waals surface area contributed by atoms with E-state index in [0.29, 0.717) is 12.4 Å². The van der Waals surface area contributed by atoms with Gasteiger partial charge in [0, 0.05) is 6.61 Å². The summed E-state index contributed by atoms with van der Waals surface area (Å²) in [6, 6.07) is 1.70. The minimum Gasteiger partial charge on any atom is -0.486 e. The monoisotopic (exact) mass is 228 g/mol. The first-order valence-corrected chi connectivity index (χ1v) is 5.70. The third kappa shape index (κ3) is 2.49. The van der Waals surface area contributed by atoms with Crippen LogP contribution in [0.15, 0.2) is 11.4 Å². The predicted octanol–water partition coefficient (Wildman–Crippen LogP) is 2.00. The molecule has 0 amide bonds. The van der Waals surface area contributed by atoms with Crippen LogP contribution in [0.3, 0.4) is 0 Å². The number of carboxylic acid groups (broad SMARTS) is 1. The summed E-state index contributed by atoms with van der Waals surface area (Å²) in [5, 5.41) is 10.6. The van der Waals surface area contributed by atoms with Gasteiger partial charge in [0.15, 0.2) is 4.88 Å². The Morgan fingerprint density at radius 3 is 3.20 bits per heavy atom. The first-order chi connectivity index (χ1) is 7.27. The highest BCUT2D eigenvalue weighted by molar-refractivity contribution is 7.12. The average Bonchev–Trinajstić information content (AvgIpc) is 2.67. The molecule has 1 fully saturated rings. The van der Waals surface area contributed by atoms with Crippen molar-refractivity contribution < 1.29 is 19.4 Å². The van der Waals surface area contributed by atoms with Gasteiger partial charge in [-0.25, -0.2) is 4.79 Å². The Bertz CT molecular complexity index is 341. The molecule has 0 saturated carbocycles. The maximum absolute atomic E-state index is 10.8. The molecular formula is C10H12O4S. The van der Waals surface area contributed by atoms with Gasteiger partial charge < -0.3 is 14.6 Å². The lowest BCUT2D eigenvalue weighted by atomic mass is 10.2. The first kappa shape index (κ1) is 10.4. The minimum atomic E-state index is -0.934. The molecule has 82 valence electrons. The molecule has 1 aliphatic heterocycles. The van der Waals surface area contributed by atoms with Crippen LogP contribution in [0, 0.1) is 0 Å². The van der Waals surface area contributed by atoms with Crippen molar-refractivity contribution in [2.75, 3.05) is 13.2 Å². The molecule has 1 N–H and O–H groups in total. The van der Waals surface area contributed by atoms with Crippen molar-refractivity contribution in [3.8, 4) is 5.75 Å². The van der Waals surface area contributed by atoms with Gasteiger partial charge in [0.1, 0.15) is 11.9 Å². The Hall–Kier alpha value is -1.07. The number of carbonyl (C=O) groups is 1. The smallest absolute Gasteiger partial charge is 0.349 e. The fraction of sp³-hybridized carbons (Fsp3) is 0.500. The summed E-state index contributed by atoms with van der Waals surface area (Å²) < 4.78 is 10.9. The van der Waals surface area contributed by atoms with Gasteiger partial charge in [-0.3, -0.25) is 0 Å². The molecule has 1 saturated heterocycles. The van der Waals surface area contributed by atoms with Gasteiger partial charge in [0.2, 0.25) is 0 Å². The SMILES string of the molecule is O=C(O)c1sccc1OC1CCCOC1. The quantitative estimate of drug-likeness (QED) is 0.859. The molecule has 1 aromatic heterocycles. The van der Waals surface area contributed by atoms with Crippen molar-refractivity contribution in [1.82, 2.24) is 0 Å². The number of aromatic carboxylic acids is 1. The number of hydrogen-bond donors (Lipinski definition) is 1. The number of carboxylic acids is 1. The van der Waals surface area contributed by atoms with Crippen LogP contribution in [0.25, 0.3) is 0 Å². The molecule has 2 heterocycles. The Kier molecular flexibility index (Phi) is 3.23. The van der Waals surface area contributed by atoms with E-state index in [9.17, 15) is 4.79 Å². The molecule has 1 aliphatic rings. The standard InChI is InChI=1S/C10H12O4S/c11-10(12)9-8(3-5-15-9)14-7-2-1-4-13-6-7/h3,5,7H,1-2,4,6H2,(H,11,12). The summed E-state index contributed by atoms with van der Waals surface area (Å²) in [7, 11) is 0. The van der Waals surface area contributed by atoms with Gasteiger partial charge in [-0.15, -0.1) is 11.3 Å². The zero-order valence-electron chi connectivity index (χ0n) is 8.14. The Balaban J connectivity index is 2.03. The number of thiophene rings is 1. The highest BCUT2D eigenvalue weighted by Gasteiger charge is 2.19. The predicted molar refractivity (Wildman–Crippen MR) is 55.7 cm³/mol. The summed E-state index contributed by atoms with van der Waals surface area (Å²) in [6.07, 6.45) is 1.89. The van der Waals surface area contributed by atoms with Gasteiger partial charge in [-0.05, 0) is 24.3 Å². The van der Waals surface area contributed by atoms with Gasteiger partial charge in [-0.1, -0.05) is 0 Å². The second-order valence-corrected chi connectivity index (χ2v) is 4.29. The Morgan fingerprint density at radius 1 is 1.67 bits per heavy atom. The summed E-state index contributed by atoms with van der Waals surface area (Å²) >= 11 is 1.18. The van der Waals surface area contributed by atoms with Gasteiger partial charge in [0.05, 0.1) is 6.61 Å². The zero-order valence-corrected chi connectivity index (χ0v) is 8.96. The minimum absolute atomic E-state index is 0.00792. The van der Waals surface area contributed by atoms with Crippen LogP contribution >= 0.6 is 11.3 Å². The van der Waals surface area contributed by atoms with Crippen LogP contribution in [0.4, 0.5) is 0 Å². The molecule has 0 aromatic carbocycles.